The van der Waals surface area contributed by atoms with Crippen LogP contribution in [0.15, 0.2) is 0 Å². The fourth-order valence-electron chi connectivity index (χ4n) is 0.510. The molecule has 11 heavy (non-hydrogen) atoms. The van der Waals surface area contributed by atoms with Gasteiger partial charge >= 0.3 is 0 Å². The molecule has 3 heteroatoms. The first-order valence-electron chi connectivity index (χ1n) is 3.84. The van der Waals surface area contributed by atoms with Gasteiger partial charge in [0.05, 0.1) is 0 Å². The Bertz CT molecular complexity index is 79.7. The molecule has 1 fully saturated rings. The molecule has 1 aliphatic rings. The third kappa shape index (κ3) is 12.7. The van der Waals surface area contributed by atoms with Gasteiger partial charge in [-0.3, -0.25) is 0 Å². The molecule has 3 nitrogen and oxygen atoms in total. The lowest BCUT2D eigenvalue weighted by atomic mass is 10.4. The summed E-state index contributed by atoms with van der Waals surface area (Å²) < 4.78 is 4.94. The van der Waals surface area contributed by atoms with Crippen molar-refractivity contribution in [3.63, 3.8) is 0 Å². The van der Waals surface area contributed by atoms with Crippen molar-refractivity contribution in [3.8, 4) is 0 Å². The number of ether oxygens (including phenoxy) is 1. The Kier molecular flexibility index (Phi) is 11.5. The van der Waals surface area contributed by atoms with Crippen LogP contribution >= 0.6 is 0 Å². The van der Waals surface area contributed by atoms with Gasteiger partial charge in [-0.15, -0.1) is 0 Å². The number of carbonyl (C=O) groups is 1. The van der Waals surface area contributed by atoms with Gasteiger partial charge in [0.25, 0.3) is 0 Å². The van der Waals surface area contributed by atoms with Crippen molar-refractivity contribution in [1.29, 1.82) is 0 Å². The van der Waals surface area contributed by atoms with Crippen LogP contribution in [-0.4, -0.2) is 24.5 Å². The fourth-order valence-corrected chi connectivity index (χ4v) is 0.510. The van der Waals surface area contributed by atoms with Crippen LogP contribution in [0.2, 0.25) is 0 Å². The van der Waals surface area contributed by atoms with E-state index < -0.39 is 0 Å². The predicted octanol–water partition coefficient (Wildman–Crippen LogP) is 0.958. The summed E-state index contributed by atoms with van der Waals surface area (Å²) in [6.07, 6.45) is 3.22. The molecule has 1 heterocycles. The lowest BCUT2D eigenvalue weighted by Crippen LogP contribution is -1.80. The van der Waals surface area contributed by atoms with E-state index in [-0.39, 0.29) is 11.3 Å². The van der Waals surface area contributed by atoms with Crippen molar-refractivity contribution in [3.05, 3.63) is 0 Å². The zero-order chi connectivity index (χ0) is 7.82. The Labute approximate surface area is 68.0 Å². The van der Waals surface area contributed by atoms with Crippen LogP contribution in [0.4, 0.5) is 0 Å². The van der Waals surface area contributed by atoms with Gasteiger partial charge in [-0.1, -0.05) is 6.92 Å². The third-order valence-electron chi connectivity index (χ3n) is 1.33. The molecule has 0 bridgehead atoms. The van der Waals surface area contributed by atoms with Crippen LogP contribution in [0.1, 0.15) is 33.1 Å². The minimum Gasteiger partial charge on any atom is -0.412 e. The summed E-state index contributed by atoms with van der Waals surface area (Å²) >= 11 is 0. The summed E-state index contributed by atoms with van der Waals surface area (Å²) in [4.78, 5) is 9.81. The smallest absolute Gasteiger partial charge is 0.129 e. The average Bonchev–Trinajstić information content (AvgIpc) is 2.43. The monoisotopic (exact) mass is 162 g/mol. The highest BCUT2D eigenvalue weighted by molar-refractivity contribution is 5.74. The van der Waals surface area contributed by atoms with Crippen molar-refractivity contribution in [2.75, 3.05) is 13.2 Å². The van der Waals surface area contributed by atoms with Crippen molar-refractivity contribution in [1.82, 2.24) is 0 Å². The zero-order valence-corrected chi connectivity index (χ0v) is 7.35. The van der Waals surface area contributed by atoms with Gasteiger partial charge in [0, 0.05) is 19.6 Å². The summed E-state index contributed by atoms with van der Waals surface area (Å²) in [6, 6.07) is 0. The molecule has 0 aromatic carbocycles. The minimum atomic E-state index is 0. The van der Waals surface area contributed by atoms with Crippen LogP contribution in [0.3, 0.4) is 0 Å². The van der Waals surface area contributed by atoms with Gasteiger partial charge in [-0.25, -0.2) is 0 Å². The van der Waals surface area contributed by atoms with E-state index in [2.05, 4.69) is 0 Å². The van der Waals surface area contributed by atoms with Gasteiger partial charge < -0.3 is 15.0 Å². The van der Waals surface area contributed by atoms with E-state index in [0.29, 0.717) is 6.42 Å². The highest BCUT2D eigenvalue weighted by Crippen LogP contribution is 1.98. The normalized spacial score (nSPS) is 14.4. The Morgan fingerprint density at radius 2 is 1.73 bits per heavy atom. The molecule has 68 valence electrons. The summed E-state index contributed by atoms with van der Waals surface area (Å²) in [7, 11) is 0. The fraction of sp³-hybridized carbons (Fsp3) is 0.875. The van der Waals surface area contributed by atoms with Crippen LogP contribution in [0, 0.1) is 0 Å². The Hall–Kier alpha value is -0.410. The standard InChI is InChI=1S/2C4H8O.H2O/c1-2-4-5-3-1;1-3-4(2)5;/h1-4H2;3H2,1-2H3;1H2. The van der Waals surface area contributed by atoms with Crippen molar-refractivity contribution in [2.24, 2.45) is 0 Å². The van der Waals surface area contributed by atoms with E-state index >= 15 is 0 Å². The predicted molar refractivity (Wildman–Crippen MR) is 44.6 cm³/mol. The second-order valence-corrected chi connectivity index (χ2v) is 2.38. The Morgan fingerprint density at radius 3 is 1.82 bits per heavy atom. The molecule has 0 aromatic rings. The minimum absolute atomic E-state index is 0. The topological polar surface area (TPSA) is 57.8 Å². The maximum absolute atomic E-state index is 9.81. The maximum atomic E-state index is 9.81. The van der Waals surface area contributed by atoms with Gasteiger partial charge in [0.1, 0.15) is 5.78 Å². The number of hydrogen-bond donors (Lipinski definition) is 0. The van der Waals surface area contributed by atoms with E-state index in [1.807, 2.05) is 6.92 Å². The molecule has 0 amide bonds. The molecule has 0 radical (unpaired) electrons. The van der Waals surface area contributed by atoms with Gasteiger partial charge in [0.2, 0.25) is 0 Å². The largest absolute Gasteiger partial charge is 0.412 e. The average molecular weight is 162 g/mol. The Morgan fingerprint density at radius 1 is 1.36 bits per heavy atom. The first kappa shape index (κ1) is 13.2. The first-order valence-corrected chi connectivity index (χ1v) is 3.84. The molecular formula is C8H18O3. The maximum Gasteiger partial charge on any atom is 0.129 e. The molecule has 1 aliphatic heterocycles. The highest BCUT2D eigenvalue weighted by atomic mass is 16.5. The quantitative estimate of drug-likeness (QED) is 0.576. The number of hydrogen-bond acceptors (Lipinski definition) is 2. The summed E-state index contributed by atoms with van der Waals surface area (Å²) in [5.41, 5.74) is 0. The summed E-state index contributed by atoms with van der Waals surface area (Å²) in [6.45, 7) is 5.43. The second-order valence-electron chi connectivity index (χ2n) is 2.38. The van der Waals surface area contributed by atoms with Gasteiger partial charge in [-0.05, 0) is 19.8 Å². The molecule has 0 aliphatic carbocycles. The molecule has 0 saturated carbocycles. The van der Waals surface area contributed by atoms with Gasteiger partial charge in [-0.2, -0.15) is 0 Å². The van der Waals surface area contributed by atoms with Crippen LogP contribution in [0.25, 0.3) is 0 Å². The third-order valence-corrected chi connectivity index (χ3v) is 1.33. The van der Waals surface area contributed by atoms with Gasteiger partial charge in [0.15, 0.2) is 0 Å². The van der Waals surface area contributed by atoms with E-state index in [1.54, 1.807) is 6.92 Å². The van der Waals surface area contributed by atoms with Crippen molar-refractivity contribution < 1.29 is 15.0 Å². The lowest BCUT2D eigenvalue weighted by Gasteiger charge is -1.76. The van der Waals surface area contributed by atoms with Crippen LogP contribution < -0.4 is 0 Å². The van der Waals surface area contributed by atoms with E-state index in [4.69, 9.17) is 4.74 Å². The van der Waals surface area contributed by atoms with E-state index in [9.17, 15) is 4.79 Å². The highest BCUT2D eigenvalue weighted by Gasteiger charge is 1.94. The molecule has 0 unspecified atom stereocenters. The number of ketones is 1. The van der Waals surface area contributed by atoms with Crippen LogP contribution in [-0.2, 0) is 9.53 Å². The molecular weight excluding hydrogens is 144 g/mol. The number of Topliss-reactive ketones (excluding diaryl/α,β-unsaturated/α-hetero) is 1. The number of carbonyl (C=O) groups excluding carboxylic acids is 1. The SMILES string of the molecule is C1CCOC1.CCC(C)=O.O. The van der Waals surface area contributed by atoms with Crippen molar-refractivity contribution in [2.45, 2.75) is 33.1 Å². The lowest BCUT2D eigenvalue weighted by molar-refractivity contribution is -0.116. The number of rotatable bonds is 1. The molecule has 0 atom stereocenters. The Balaban J connectivity index is 0. The van der Waals surface area contributed by atoms with E-state index in [1.165, 1.54) is 12.8 Å². The van der Waals surface area contributed by atoms with Crippen molar-refractivity contribution >= 4 is 5.78 Å². The van der Waals surface area contributed by atoms with E-state index in [0.717, 1.165) is 13.2 Å². The molecule has 0 aromatic heterocycles. The van der Waals surface area contributed by atoms with Crippen LogP contribution in [0.5, 0.6) is 0 Å². The molecule has 1 saturated heterocycles. The summed E-state index contributed by atoms with van der Waals surface area (Å²) in [5, 5.41) is 0. The summed E-state index contributed by atoms with van der Waals surface area (Å²) in [5.74, 6) is 0.255. The molecule has 0 spiro atoms. The second kappa shape index (κ2) is 9.59. The molecule has 2 N–H and O–H groups in total. The zero-order valence-electron chi connectivity index (χ0n) is 7.35. The first-order chi connectivity index (χ1) is 4.77. The molecule has 1 rings (SSSR count).